The lowest BCUT2D eigenvalue weighted by Gasteiger charge is -2.17. The highest BCUT2D eigenvalue weighted by Crippen LogP contribution is 2.30. The molecular formula is C24H25ClN4O3. The van der Waals surface area contributed by atoms with E-state index in [1.165, 1.54) is 17.4 Å². The van der Waals surface area contributed by atoms with E-state index in [2.05, 4.69) is 15.2 Å². The largest absolute Gasteiger partial charge is 0.348 e. The minimum Gasteiger partial charge on any atom is -0.348 e. The number of nitrogens with one attached hydrogen (secondary N) is 2. The number of nitrogens with zero attached hydrogens (tertiary/aromatic N) is 2. The van der Waals surface area contributed by atoms with Gasteiger partial charge >= 0.3 is 5.69 Å². The summed E-state index contributed by atoms with van der Waals surface area (Å²) in [7, 11) is 0. The van der Waals surface area contributed by atoms with Crippen LogP contribution < -0.4 is 16.6 Å². The number of fused-ring (bicyclic) bond motifs is 1. The molecule has 2 N–H and O–H groups in total. The van der Waals surface area contributed by atoms with Crippen LogP contribution in [0.1, 0.15) is 35.2 Å². The molecule has 1 atom stereocenters. The van der Waals surface area contributed by atoms with Crippen molar-refractivity contribution in [2.45, 2.75) is 31.8 Å². The highest BCUT2D eigenvalue weighted by Gasteiger charge is 2.30. The monoisotopic (exact) mass is 452 g/mol. The number of rotatable bonds is 6. The lowest BCUT2D eigenvalue weighted by Crippen LogP contribution is -2.37. The van der Waals surface area contributed by atoms with Crippen LogP contribution in [0.3, 0.4) is 0 Å². The van der Waals surface area contributed by atoms with Crippen LogP contribution >= 0.6 is 11.6 Å². The summed E-state index contributed by atoms with van der Waals surface area (Å²) < 4.78 is 1.49. The number of para-hydroxylation sites is 1. The van der Waals surface area contributed by atoms with Gasteiger partial charge in [-0.15, -0.1) is 0 Å². The summed E-state index contributed by atoms with van der Waals surface area (Å²) in [5.74, 6) is 0.636. The summed E-state index contributed by atoms with van der Waals surface area (Å²) >= 11 is 6.35. The number of hydrogen-bond donors (Lipinski definition) is 2. The number of hydrogen-bond acceptors (Lipinski definition) is 4. The first kappa shape index (κ1) is 21.0. The third-order valence-electron chi connectivity index (χ3n) is 6.34. The van der Waals surface area contributed by atoms with Crippen LogP contribution in [0, 0.1) is 5.92 Å². The summed E-state index contributed by atoms with van der Waals surface area (Å²) in [5.41, 5.74) is 0.790. The number of aromatic nitrogens is 2. The van der Waals surface area contributed by atoms with Crippen LogP contribution in [0.4, 0.5) is 0 Å². The first-order valence-corrected chi connectivity index (χ1v) is 11.4. The maximum atomic E-state index is 13.0. The van der Waals surface area contributed by atoms with Gasteiger partial charge in [0.2, 0.25) is 0 Å². The molecule has 2 heterocycles. The fourth-order valence-corrected chi connectivity index (χ4v) is 4.68. The molecule has 2 fully saturated rings. The average molecular weight is 453 g/mol. The molecule has 2 aromatic carbocycles. The zero-order valence-electron chi connectivity index (χ0n) is 17.6. The lowest BCUT2D eigenvalue weighted by atomic mass is 10.1. The second-order valence-corrected chi connectivity index (χ2v) is 9.25. The molecule has 3 aromatic rings. The second kappa shape index (κ2) is 8.56. The van der Waals surface area contributed by atoms with Gasteiger partial charge in [-0.25, -0.2) is 4.79 Å². The maximum Gasteiger partial charge on any atom is 0.329 e. The van der Waals surface area contributed by atoms with Gasteiger partial charge in [-0.3, -0.25) is 19.1 Å². The molecule has 32 heavy (non-hydrogen) atoms. The van der Waals surface area contributed by atoms with Crippen molar-refractivity contribution < 1.29 is 4.79 Å². The highest BCUT2D eigenvalue weighted by molar-refractivity contribution is 6.33. The van der Waals surface area contributed by atoms with E-state index in [1.54, 1.807) is 42.5 Å². The van der Waals surface area contributed by atoms with E-state index >= 15 is 0 Å². The molecular weight excluding hydrogens is 428 g/mol. The summed E-state index contributed by atoms with van der Waals surface area (Å²) in [6, 6.07) is 12.3. The summed E-state index contributed by atoms with van der Waals surface area (Å²) in [6.07, 6.45) is 3.59. The van der Waals surface area contributed by atoms with E-state index in [9.17, 15) is 14.4 Å². The van der Waals surface area contributed by atoms with Crippen LogP contribution in [0.25, 0.3) is 10.9 Å². The zero-order chi connectivity index (χ0) is 22.2. The van der Waals surface area contributed by atoms with E-state index in [0.717, 1.165) is 37.5 Å². The molecule has 8 heteroatoms. The quantitative estimate of drug-likeness (QED) is 0.602. The maximum absolute atomic E-state index is 13.0. The Labute approximate surface area is 190 Å². The van der Waals surface area contributed by atoms with Gasteiger partial charge in [0.15, 0.2) is 0 Å². The first-order chi connectivity index (χ1) is 15.5. The fourth-order valence-electron chi connectivity index (χ4n) is 4.47. The molecule has 1 unspecified atom stereocenters. The van der Waals surface area contributed by atoms with Crippen LogP contribution in [-0.2, 0) is 6.54 Å². The lowest BCUT2D eigenvalue weighted by molar-refractivity contribution is 0.0937. The predicted molar refractivity (Wildman–Crippen MR) is 124 cm³/mol. The normalized spacial score (nSPS) is 18.8. The van der Waals surface area contributed by atoms with Gasteiger partial charge in [0.25, 0.3) is 11.5 Å². The molecule has 0 radical (unpaired) electrons. The summed E-state index contributed by atoms with van der Waals surface area (Å²) in [4.78, 5) is 42.3. The molecule has 0 bridgehead atoms. The van der Waals surface area contributed by atoms with Gasteiger partial charge in [-0.05, 0) is 55.0 Å². The SMILES string of the molecule is O=C(NC1CCN(CC2CC2)C1)c1cc(Cn2c(=O)[nH]c(=O)c3ccccc32)ccc1Cl. The van der Waals surface area contributed by atoms with Crippen LogP contribution in [0.5, 0.6) is 0 Å². The third kappa shape index (κ3) is 4.36. The first-order valence-electron chi connectivity index (χ1n) is 11.0. The molecule has 0 spiro atoms. The number of likely N-dealkylation sites (tertiary alicyclic amines) is 1. The fraction of sp³-hybridized carbons (Fsp3) is 0.375. The number of amides is 1. The number of H-pyrrole nitrogens is 1. The Kier molecular flexibility index (Phi) is 5.61. The number of benzene rings is 2. The Morgan fingerprint density at radius 2 is 1.94 bits per heavy atom. The molecule has 7 nitrogen and oxygen atoms in total. The smallest absolute Gasteiger partial charge is 0.329 e. The van der Waals surface area contributed by atoms with Crippen molar-refractivity contribution in [2.24, 2.45) is 5.92 Å². The molecule has 5 rings (SSSR count). The van der Waals surface area contributed by atoms with Gasteiger partial charge in [-0.1, -0.05) is 29.8 Å². The van der Waals surface area contributed by atoms with Gasteiger partial charge in [0.1, 0.15) is 0 Å². The Balaban J connectivity index is 1.35. The Morgan fingerprint density at radius 1 is 1.12 bits per heavy atom. The van der Waals surface area contributed by atoms with Crippen molar-refractivity contribution in [3.05, 3.63) is 79.5 Å². The zero-order valence-corrected chi connectivity index (χ0v) is 18.4. The Morgan fingerprint density at radius 3 is 2.75 bits per heavy atom. The number of carbonyl (C=O) groups is 1. The number of halogens is 1. The molecule has 1 saturated carbocycles. The van der Waals surface area contributed by atoms with E-state index in [-0.39, 0.29) is 18.5 Å². The van der Waals surface area contributed by atoms with Crippen LogP contribution in [0.2, 0.25) is 5.02 Å². The minimum atomic E-state index is -0.489. The van der Waals surface area contributed by atoms with E-state index in [0.29, 0.717) is 21.5 Å². The number of carbonyl (C=O) groups excluding carboxylic acids is 1. The van der Waals surface area contributed by atoms with E-state index < -0.39 is 11.2 Å². The molecule has 1 amide bonds. The van der Waals surface area contributed by atoms with Crippen molar-refractivity contribution in [2.75, 3.05) is 19.6 Å². The Bertz CT molecular complexity index is 1290. The van der Waals surface area contributed by atoms with Gasteiger partial charge in [0.05, 0.1) is 28.0 Å². The average Bonchev–Trinajstić information content (AvgIpc) is 3.49. The summed E-state index contributed by atoms with van der Waals surface area (Å²) in [5, 5.41) is 3.93. The van der Waals surface area contributed by atoms with Crippen LogP contribution in [-0.4, -0.2) is 46.0 Å². The predicted octanol–water partition coefficient (Wildman–Crippen LogP) is 2.61. The van der Waals surface area contributed by atoms with Crippen molar-refractivity contribution in [3.8, 4) is 0 Å². The van der Waals surface area contributed by atoms with Crippen molar-refractivity contribution in [3.63, 3.8) is 0 Å². The molecule has 166 valence electrons. The highest BCUT2D eigenvalue weighted by atomic mass is 35.5. The number of aromatic amines is 1. The van der Waals surface area contributed by atoms with Crippen LogP contribution in [0.15, 0.2) is 52.1 Å². The van der Waals surface area contributed by atoms with Gasteiger partial charge < -0.3 is 10.2 Å². The molecule has 1 saturated heterocycles. The molecule has 2 aliphatic rings. The van der Waals surface area contributed by atoms with Crippen molar-refractivity contribution in [1.29, 1.82) is 0 Å². The van der Waals surface area contributed by atoms with Crippen molar-refractivity contribution >= 4 is 28.4 Å². The summed E-state index contributed by atoms with van der Waals surface area (Å²) in [6.45, 7) is 3.23. The third-order valence-corrected chi connectivity index (χ3v) is 6.67. The van der Waals surface area contributed by atoms with Gasteiger partial charge in [0, 0.05) is 25.7 Å². The molecule has 1 aliphatic heterocycles. The van der Waals surface area contributed by atoms with Crippen molar-refractivity contribution in [1.82, 2.24) is 19.8 Å². The molecule has 1 aliphatic carbocycles. The van der Waals surface area contributed by atoms with E-state index in [1.807, 2.05) is 0 Å². The molecule has 1 aromatic heterocycles. The Hall–Kier alpha value is -2.90. The van der Waals surface area contributed by atoms with Gasteiger partial charge in [-0.2, -0.15) is 0 Å². The second-order valence-electron chi connectivity index (χ2n) is 8.84. The van der Waals surface area contributed by atoms with E-state index in [4.69, 9.17) is 11.6 Å². The standard InChI is InChI=1S/C24H25ClN4O3/c25-20-8-7-16(13-29-21-4-2-1-3-18(21)22(30)27-24(29)32)11-19(20)23(31)26-17-9-10-28(14-17)12-15-5-6-15/h1-4,7-8,11,15,17H,5-6,9-10,12-14H2,(H,26,31)(H,27,30,32). The topological polar surface area (TPSA) is 87.2 Å². The minimum absolute atomic E-state index is 0.117.